The van der Waals surface area contributed by atoms with Gasteiger partial charge in [-0.2, -0.15) is 26.3 Å². The molecule has 1 aliphatic rings. The highest BCUT2D eigenvalue weighted by Crippen LogP contribution is 2.22. The van der Waals surface area contributed by atoms with Gasteiger partial charge in [-0.3, -0.25) is 15.6 Å². The summed E-state index contributed by atoms with van der Waals surface area (Å²) >= 11 is 0. The predicted octanol–water partition coefficient (Wildman–Crippen LogP) is 4.30. The Morgan fingerprint density at radius 3 is 1.89 bits per heavy atom. The van der Waals surface area contributed by atoms with Crippen LogP contribution in [0.5, 0.6) is 5.75 Å². The lowest BCUT2D eigenvalue weighted by Gasteiger charge is -2.32. The number of nitrogens with zero attached hydrogens (tertiary/aromatic N) is 1. The molecule has 2 aromatic rings. The number of alkyl halides is 6. The third-order valence-corrected chi connectivity index (χ3v) is 6.12. The maximum Gasteiger partial charge on any atom is 0.490 e. The Morgan fingerprint density at radius 2 is 1.44 bits per heavy atom. The number of halogens is 6. The highest BCUT2D eigenvalue weighted by molar-refractivity contribution is 5.95. The number of amides is 1. The molecule has 3 rings (SSSR count). The summed E-state index contributed by atoms with van der Waals surface area (Å²) in [4.78, 5) is 32.3. The van der Waals surface area contributed by atoms with Crippen LogP contribution in [0.25, 0.3) is 0 Å². The molecule has 1 saturated heterocycles. The Morgan fingerprint density at radius 1 is 0.933 bits per heavy atom. The van der Waals surface area contributed by atoms with E-state index in [9.17, 15) is 31.1 Å². The minimum Gasteiger partial charge on any atom is -0.492 e. The van der Waals surface area contributed by atoms with Gasteiger partial charge in [0.2, 0.25) is 0 Å². The number of hydrogen-bond acceptors (Lipinski definition) is 6. The lowest BCUT2D eigenvalue weighted by molar-refractivity contribution is -0.193. The monoisotopic (exact) mass is 649 g/mol. The van der Waals surface area contributed by atoms with Crippen LogP contribution in [0.4, 0.5) is 26.3 Å². The van der Waals surface area contributed by atoms with E-state index < -0.39 is 24.3 Å². The van der Waals surface area contributed by atoms with Crippen LogP contribution in [0, 0.1) is 16.7 Å². The van der Waals surface area contributed by atoms with Crippen molar-refractivity contribution in [1.82, 2.24) is 10.2 Å². The second-order valence-electron chi connectivity index (χ2n) is 9.57. The summed E-state index contributed by atoms with van der Waals surface area (Å²) in [7, 11) is 0. The van der Waals surface area contributed by atoms with Gasteiger partial charge < -0.3 is 30.9 Å². The van der Waals surface area contributed by atoms with Gasteiger partial charge in [0, 0.05) is 24.2 Å². The van der Waals surface area contributed by atoms with E-state index in [1.165, 1.54) is 5.56 Å². The van der Waals surface area contributed by atoms with Gasteiger partial charge >= 0.3 is 24.3 Å². The Hall–Kier alpha value is -4.83. The number of aliphatic carboxylic acids is 2. The quantitative estimate of drug-likeness (QED) is 0.106. The Bertz CT molecular complexity index is 1290. The van der Waals surface area contributed by atoms with Crippen molar-refractivity contribution in [1.29, 1.82) is 10.8 Å². The molecule has 45 heavy (non-hydrogen) atoms. The summed E-state index contributed by atoms with van der Waals surface area (Å²) in [6, 6.07) is 14.9. The molecule has 17 heteroatoms. The number of amidine groups is 2. The Kier molecular flexibility index (Phi) is 14.8. The number of nitrogens with one attached hydrogen (secondary N) is 3. The standard InChI is InChI=1S/C24H31N5O2.2C2HF3O2/c1-17(25)29-12-9-19(10-13-29)15-18-5-7-20(8-6-18)24(30)28-11-14-31-22-4-2-3-21(16-22)23(26)27;2*3-2(4,5)1(6)7/h2-8,16,19,25H,9-15H2,1H3,(H3,26,27)(H,28,30);2*(H,6,7). The molecule has 0 atom stereocenters. The maximum absolute atomic E-state index is 12.4. The third-order valence-electron chi connectivity index (χ3n) is 6.12. The van der Waals surface area contributed by atoms with Crippen molar-refractivity contribution < 1.29 is 55.7 Å². The van der Waals surface area contributed by atoms with Gasteiger partial charge in [0.05, 0.1) is 12.4 Å². The summed E-state index contributed by atoms with van der Waals surface area (Å²) in [5, 5.41) is 32.3. The largest absolute Gasteiger partial charge is 0.492 e. The molecule has 248 valence electrons. The van der Waals surface area contributed by atoms with Gasteiger partial charge in [-0.15, -0.1) is 0 Å². The van der Waals surface area contributed by atoms with Crippen LogP contribution < -0.4 is 15.8 Å². The van der Waals surface area contributed by atoms with Gasteiger partial charge in [-0.1, -0.05) is 24.3 Å². The smallest absolute Gasteiger partial charge is 0.490 e. The number of hydrogen-bond donors (Lipinski definition) is 6. The Balaban J connectivity index is 0.000000601. The van der Waals surface area contributed by atoms with E-state index in [1.54, 1.807) is 24.3 Å². The van der Waals surface area contributed by atoms with Crippen molar-refractivity contribution in [3.05, 3.63) is 65.2 Å². The van der Waals surface area contributed by atoms with E-state index in [4.69, 9.17) is 41.1 Å². The molecule has 11 nitrogen and oxygen atoms in total. The summed E-state index contributed by atoms with van der Waals surface area (Å²) in [5.41, 5.74) is 7.97. The molecule has 2 aromatic carbocycles. The third kappa shape index (κ3) is 14.9. The number of carboxylic acid groups (broad SMARTS) is 2. The molecule has 0 unspecified atom stereocenters. The first kappa shape index (κ1) is 38.2. The second-order valence-corrected chi connectivity index (χ2v) is 9.57. The van der Waals surface area contributed by atoms with Crippen molar-refractivity contribution in [3.8, 4) is 5.75 Å². The van der Waals surface area contributed by atoms with Gasteiger partial charge in [0.15, 0.2) is 0 Å². The van der Waals surface area contributed by atoms with Crippen LogP contribution in [0.3, 0.4) is 0 Å². The predicted molar refractivity (Wildman–Crippen MR) is 151 cm³/mol. The van der Waals surface area contributed by atoms with E-state index >= 15 is 0 Å². The van der Waals surface area contributed by atoms with Crippen LogP contribution in [-0.2, 0) is 16.0 Å². The average molecular weight is 650 g/mol. The molecular weight excluding hydrogens is 616 g/mol. The van der Waals surface area contributed by atoms with Crippen molar-refractivity contribution >= 4 is 29.5 Å². The number of carbonyl (C=O) groups is 3. The van der Waals surface area contributed by atoms with E-state index in [0.29, 0.717) is 41.8 Å². The highest BCUT2D eigenvalue weighted by Gasteiger charge is 2.38. The van der Waals surface area contributed by atoms with E-state index in [-0.39, 0.29) is 11.7 Å². The topological polar surface area (TPSA) is 190 Å². The molecule has 7 N–H and O–H groups in total. The lowest BCUT2D eigenvalue weighted by Crippen LogP contribution is -2.37. The number of nitrogens with two attached hydrogens (primary N) is 1. The second kappa shape index (κ2) is 17.5. The van der Waals surface area contributed by atoms with Crippen LogP contribution >= 0.6 is 0 Å². The number of likely N-dealkylation sites (tertiary alicyclic amines) is 1. The number of carboxylic acids is 2. The number of ether oxygens (including phenoxy) is 1. The first-order valence-electron chi connectivity index (χ1n) is 13.2. The molecule has 0 aromatic heterocycles. The Labute approximate surface area is 254 Å². The van der Waals surface area contributed by atoms with Crippen LogP contribution in [0.2, 0.25) is 0 Å². The molecule has 0 radical (unpaired) electrons. The molecule has 0 bridgehead atoms. The molecule has 0 saturated carbocycles. The van der Waals surface area contributed by atoms with Gasteiger partial charge in [0.25, 0.3) is 5.91 Å². The summed E-state index contributed by atoms with van der Waals surface area (Å²) < 4.78 is 69.1. The zero-order valence-electron chi connectivity index (χ0n) is 24.0. The molecule has 0 aliphatic carbocycles. The van der Waals surface area contributed by atoms with Gasteiger partial charge in [-0.05, 0) is 61.9 Å². The summed E-state index contributed by atoms with van der Waals surface area (Å²) in [5.74, 6) is -3.73. The first-order chi connectivity index (χ1) is 20.8. The van der Waals surface area contributed by atoms with E-state index in [0.717, 1.165) is 32.4 Å². The lowest BCUT2D eigenvalue weighted by atomic mass is 9.90. The fourth-order valence-electron chi connectivity index (χ4n) is 3.79. The van der Waals surface area contributed by atoms with Crippen LogP contribution in [-0.4, -0.2) is 83.2 Å². The van der Waals surface area contributed by atoms with Crippen LogP contribution in [0.1, 0.15) is 41.3 Å². The fourth-order valence-corrected chi connectivity index (χ4v) is 3.79. The molecular formula is C28H33F6N5O6. The number of piperidine rings is 1. The maximum atomic E-state index is 12.4. The van der Waals surface area contributed by atoms with Crippen molar-refractivity contribution in [2.75, 3.05) is 26.2 Å². The first-order valence-corrected chi connectivity index (χ1v) is 13.2. The zero-order chi connectivity index (χ0) is 34.4. The van der Waals surface area contributed by atoms with Crippen molar-refractivity contribution in [2.24, 2.45) is 11.7 Å². The minimum atomic E-state index is -5.08. The average Bonchev–Trinajstić information content (AvgIpc) is 2.95. The van der Waals surface area contributed by atoms with Crippen molar-refractivity contribution in [3.63, 3.8) is 0 Å². The molecule has 0 spiro atoms. The number of rotatable bonds is 8. The molecule has 1 amide bonds. The van der Waals surface area contributed by atoms with Crippen molar-refractivity contribution in [2.45, 2.75) is 38.5 Å². The zero-order valence-corrected chi connectivity index (χ0v) is 24.0. The normalized spacial score (nSPS) is 13.3. The number of nitrogen functional groups attached to an aromatic ring is 1. The molecule has 1 fully saturated rings. The number of benzene rings is 2. The van der Waals surface area contributed by atoms with Crippen LogP contribution in [0.15, 0.2) is 48.5 Å². The van der Waals surface area contributed by atoms with E-state index in [1.807, 2.05) is 31.2 Å². The van der Waals surface area contributed by atoms with Gasteiger partial charge in [-0.25, -0.2) is 9.59 Å². The molecule has 1 aliphatic heterocycles. The summed E-state index contributed by atoms with van der Waals surface area (Å²) in [6.45, 7) is 4.49. The number of carbonyl (C=O) groups excluding carboxylic acids is 1. The SMILES string of the molecule is CC(=N)N1CCC(Cc2ccc(C(=O)NCCOc3cccc(C(=N)N)c3)cc2)CC1.O=C(O)C(F)(F)F.O=C(O)C(F)(F)F. The highest BCUT2D eigenvalue weighted by atomic mass is 19.4. The fraction of sp³-hybridized carbons (Fsp3) is 0.393. The van der Waals surface area contributed by atoms with Gasteiger partial charge in [0.1, 0.15) is 18.2 Å². The summed E-state index contributed by atoms with van der Waals surface area (Å²) in [6.07, 6.45) is -6.94. The molecule has 1 heterocycles. The minimum absolute atomic E-state index is 0.00544. The van der Waals surface area contributed by atoms with E-state index in [2.05, 4.69) is 10.2 Å².